The quantitative estimate of drug-likeness (QED) is 0.364. The van der Waals surface area contributed by atoms with Crippen LogP contribution in [-0.4, -0.2) is 29.4 Å². The summed E-state index contributed by atoms with van der Waals surface area (Å²) in [6.07, 6.45) is 5.89. The fourth-order valence-electron chi connectivity index (χ4n) is 3.09. The summed E-state index contributed by atoms with van der Waals surface area (Å²) in [5.41, 5.74) is 0.606. The molecule has 7 heteroatoms. The van der Waals surface area contributed by atoms with Crippen LogP contribution in [0.4, 0.5) is 5.69 Å². The van der Waals surface area contributed by atoms with Gasteiger partial charge in [-0.15, -0.1) is 0 Å². The van der Waals surface area contributed by atoms with Gasteiger partial charge >= 0.3 is 5.97 Å². The number of hydrogen-bond acceptors (Lipinski definition) is 5. The molecule has 0 bridgehead atoms. The van der Waals surface area contributed by atoms with Gasteiger partial charge in [0.25, 0.3) is 11.6 Å². The van der Waals surface area contributed by atoms with Crippen molar-refractivity contribution in [1.82, 2.24) is 5.32 Å². The minimum Gasteiger partial charge on any atom is -0.452 e. The average Bonchev–Trinajstić information content (AvgIpc) is 2.62. The highest BCUT2D eigenvalue weighted by molar-refractivity contribution is 5.89. The van der Waals surface area contributed by atoms with Crippen molar-refractivity contribution in [2.24, 2.45) is 11.8 Å². The first-order chi connectivity index (χ1) is 12.4. The number of nitrogens with zero attached hydrogens (tertiary/aromatic N) is 1. The van der Waals surface area contributed by atoms with E-state index >= 15 is 0 Å². The maximum atomic E-state index is 12.0. The Morgan fingerprint density at radius 2 is 1.96 bits per heavy atom. The molecule has 1 saturated carbocycles. The molecule has 140 valence electrons. The van der Waals surface area contributed by atoms with Crippen LogP contribution < -0.4 is 5.32 Å². The molecular formula is C19H24N2O5. The summed E-state index contributed by atoms with van der Waals surface area (Å²) in [6.45, 7) is 4.00. The number of esters is 1. The number of hydrogen-bond donors (Lipinski definition) is 1. The first kappa shape index (κ1) is 19.6. The van der Waals surface area contributed by atoms with E-state index in [0.717, 1.165) is 12.8 Å². The van der Waals surface area contributed by atoms with Crippen LogP contribution in [0.15, 0.2) is 30.3 Å². The molecule has 1 aliphatic rings. The summed E-state index contributed by atoms with van der Waals surface area (Å²) < 4.78 is 4.95. The largest absolute Gasteiger partial charge is 0.452 e. The highest BCUT2D eigenvalue weighted by Crippen LogP contribution is 2.29. The van der Waals surface area contributed by atoms with E-state index < -0.39 is 10.9 Å². The van der Waals surface area contributed by atoms with Gasteiger partial charge in [0.2, 0.25) is 0 Å². The van der Waals surface area contributed by atoms with E-state index in [2.05, 4.69) is 19.2 Å². The number of carbonyl (C=O) groups is 2. The number of nitro groups is 1. The molecule has 0 aliphatic heterocycles. The molecule has 1 aliphatic carbocycles. The molecule has 3 atom stereocenters. The van der Waals surface area contributed by atoms with Crippen LogP contribution in [0.3, 0.4) is 0 Å². The van der Waals surface area contributed by atoms with Crippen LogP contribution in [0.1, 0.15) is 38.7 Å². The summed E-state index contributed by atoms with van der Waals surface area (Å²) in [7, 11) is 0. The zero-order chi connectivity index (χ0) is 19.1. The smallest absolute Gasteiger partial charge is 0.331 e. The fraction of sp³-hybridized carbons (Fsp3) is 0.474. The van der Waals surface area contributed by atoms with Crippen LogP contribution >= 0.6 is 0 Å². The van der Waals surface area contributed by atoms with E-state index in [1.54, 1.807) is 0 Å². The van der Waals surface area contributed by atoms with Crippen LogP contribution in [0.5, 0.6) is 0 Å². The van der Waals surface area contributed by atoms with E-state index in [-0.39, 0.29) is 24.2 Å². The zero-order valence-electron chi connectivity index (χ0n) is 15.0. The van der Waals surface area contributed by atoms with Gasteiger partial charge in [0.15, 0.2) is 6.61 Å². The van der Waals surface area contributed by atoms with Crippen molar-refractivity contribution in [1.29, 1.82) is 0 Å². The van der Waals surface area contributed by atoms with E-state index in [4.69, 9.17) is 4.74 Å². The third kappa shape index (κ3) is 5.68. The SMILES string of the molecule is CC1CCCC(NC(=O)COC(=O)/C=C/c2ccc([N+](=O)[O-])cc2)C1C. The lowest BCUT2D eigenvalue weighted by Crippen LogP contribution is -2.45. The number of nitro benzene ring substituents is 1. The van der Waals surface area contributed by atoms with Crippen LogP contribution in [0, 0.1) is 22.0 Å². The highest BCUT2D eigenvalue weighted by atomic mass is 16.6. The van der Waals surface area contributed by atoms with Gasteiger partial charge in [-0.3, -0.25) is 14.9 Å². The van der Waals surface area contributed by atoms with Crippen molar-refractivity contribution >= 4 is 23.6 Å². The molecule has 1 amide bonds. The third-order valence-corrected chi connectivity index (χ3v) is 4.91. The standard InChI is InChI=1S/C19H24N2O5/c1-13-4-3-5-17(14(13)2)20-18(22)12-26-19(23)11-8-15-6-9-16(10-7-15)21(24)25/h6-11,13-14,17H,3-5,12H2,1-2H3,(H,20,22)/b11-8+. The van der Waals surface area contributed by atoms with Gasteiger partial charge < -0.3 is 10.1 Å². The Morgan fingerprint density at radius 3 is 2.62 bits per heavy atom. The molecule has 1 fully saturated rings. The molecule has 0 heterocycles. The third-order valence-electron chi connectivity index (χ3n) is 4.91. The second kappa shape index (κ2) is 9.12. The second-order valence-electron chi connectivity index (χ2n) is 6.73. The molecule has 7 nitrogen and oxygen atoms in total. The summed E-state index contributed by atoms with van der Waals surface area (Å²) in [5.74, 6) is 0.0447. The number of carbonyl (C=O) groups excluding carboxylic acids is 2. The van der Waals surface area contributed by atoms with Crippen molar-refractivity contribution in [3.05, 3.63) is 46.0 Å². The normalized spacial score (nSPS) is 22.8. The number of benzene rings is 1. The minimum atomic E-state index is -0.636. The lowest BCUT2D eigenvalue weighted by atomic mass is 9.78. The van der Waals surface area contributed by atoms with Crippen LogP contribution in [0.2, 0.25) is 0 Å². The fourth-order valence-corrected chi connectivity index (χ4v) is 3.09. The number of rotatable bonds is 6. The van der Waals surface area contributed by atoms with Crippen molar-refractivity contribution in [3.8, 4) is 0 Å². The molecular weight excluding hydrogens is 336 g/mol. The topological polar surface area (TPSA) is 98.5 Å². The average molecular weight is 360 g/mol. The zero-order valence-corrected chi connectivity index (χ0v) is 15.0. The lowest BCUT2D eigenvalue weighted by Gasteiger charge is -2.34. The summed E-state index contributed by atoms with van der Waals surface area (Å²) in [5, 5.41) is 13.5. The molecule has 0 spiro atoms. The summed E-state index contributed by atoms with van der Waals surface area (Å²) >= 11 is 0. The van der Waals surface area contributed by atoms with Crippen molar-refractivity contribution in [2.75, 3.05) is 6.61 Å². The molecule has 26 heavy (non-hydrogen) atoms. The summed E-state index contributed by atoms with van der Waals surface area (Å²) in [4.78, 5) is 33.8. The maximum Gasteiger partial charge on any atom is 0.331 e. The van der Waals surface area contributed by atoms with E-state index in [1.807, 2.05) is 0 Å². The van der Waals surface area contributed by atoms with E-state index in [1.165, 1.54) is 42.8 Å². The summed E-state index contributed by atoms with van der Waals surface area (Å²) in [6, 6.07) is 5.89. The predicted octanol–water partition coefficient (Wildman–Crippen LogP) is 3.09. The first-order valence-corrected chi connectivity index (χ1v) is 8.75. The Morgan fingerprint density at radius 1 is 1.27 bits per heavy atom. The highest BCUT2D eigenvalue weighted by Gasteiger charge is 2.28. The molecule has 0 saturated heterocycles. The Bertz CT molecular complexity index is 684. The van der Waals surface area contributed by atoms with E-state index in [9.17, 15) is 19.7 Å². The minimum absolute atomic E-state index is 0.0207. The van der Waals surface area contributed by atoms with Gasteiger partial charge in [0.05, 0.1) is 4.92 Å². The van der Waals surface area contributed by atoms with Crippen molar-refractivity contribution < 1.29 is 19.2 Å². The van der Waals surface area contributed by atoms with E-state index in [0.29, 0.717) is 17.4 Å². The van der Waals surface area contributed by atoms with Crippen LogP contribution in [-0.2, 0) is 14.3 Å². The molecule has 1 aromatic carbocycles. The van der Waals surface area contributed by atoms with Gasteiger partial charge in [0.1, 0.15) is 0 Å². The predicted molar refractivity (Wildman–Crippen MR) is 97.2 cm³/mol. The van der Waals surface area contributed by atoms with Gasteiger partial charge in [-0.1, -0.05) is 26.7 Å². The van der Waals surface area contributed by atoms with Crippen LogP contribution in [0.25, 0.3) is 6.08 Å². The van der Waals surface area contributed by atoms with Gasteiger partial charge in [-0.2, -0.15) is 0 Å². The number of ether oxygens (including phenoxy) is 1. The molecule has 0 radical (unpaired) electrons. The Labute approximate surface area is 152 Å². The lowest BCUT2D eigenvalue weighted by molar-refractivity contribution is -0.384. The molecule has 3 unspecified atom stereocenters. The van der Waals surface area contributed by atoms with Crippen molar-refractivity contribution in [3.63, 3.8) is 0 Å². The Kier molecular flexibility index (Phi) is 6.89. The molecule has 1 N–H and O–H groups in total. The first-order valence-electron chi connectivity index (χ1n) is 8.75. The monoisotopic (exact) mass is 360 g/mol. The number of amides is 1. The number of nitrogens with one attached hydrogen (secondary N) is 1. The van der Waals surface area contributed by atoms with Gasteiger partial charge in [-0.25, -0.2) is 4.79 Å². The molecule has 2 rings (SSSR count). The van der Waals surface area contributed by atoms with Gasteiger partial charge in [-0.05, 0) is 42.0 Å². The molecule has 0 aromatic heterocycles. The second-order valence-corrected chi connectivity index (χ2v) is 6.73. The maximum absolute atomic E-state index is 12.0. The Balaban J connectivity index is 1.77. The van der Waals surface area contributed by atoms with Gasteiger partial charge in [0, 0.05) is 24.3 Å². The number of non-ortho nitro benzene ring substituents is 1. The molecule has 1 aromatic rings. The Hall–Kier alpha value is -2.70. The van der Waals surface area contributed by atoms with Crippen molar-refractivity contribution in [2.45, 2.75) is 39.2 Å².